The van der Waals surface area contributed by atoms with Crippen molar-refractivity contribution in [2.45, 2.75) is 96.8 Å². The topological polar surface area (TPSA) is 188 Å². The Morgan fingerprint density at radius 2 is 0.744 bits per heavy atom. The van der Waals surface area contributed by atoms with Crippen LogP contribution in [0, 0.1) is 0 Å². The van der Waals surface area contributed by atoms with Crippen LogP contribution in [0.5, 0.6) is 0 Å². The van der Waals surface area contributed by atoms with Crippen LogP contribution >= 0.6 is 0 Å². The molecule has 13 heteroatoms. The molecule has 0 spiro atoms. The number of carboxylic acid groups (broad SMARTS) is 4. The van der Waals surface area contributed by atoms with Crippen molar-refractivity contribution in [3.63, 3.8) is 0 Å². The predicted molar refractivity (Wildman–Crippen MR) is 163 cm³/mol. The van der Waals surface area contributed by atoms with Crippen molar-refractivity contribution >= 4 is 29.8 Å². The Morgan fingerprint density at radius 3 is 1.12 bits per heavy atom. The van der Waals surface area contributed by atoms with E-state index in [-0.39, 0.29) is 38.6 Å². The summed E-state index contributed by atoms with van der Waals surface area (Å²) in [5.74, 6) is -5.00. The van der Waals surface area contributed by atoms with Gasteiger partial charge in [-0.3, -0.25) is 38.7 Å². The maximum absolute atomic E-state index is 12.4. The number of amides is 1. The summed E-state index contributed by atoms with van der Waals surface area (Å²) in [7, 11) is 0. The highest BCUT2D eigenvalue weighted by molar-refractivity contribution is 5.79. The molecule has 0 saturated carbocycles. The number of carbonyl (C=O) groups is 5. The van der Waals surface area contributed by atoms with Gasteiger partial charge >= 0.3 is 23.9 Å². The summed E-state index contributed by atoms with van der Waals surface area (Å²) in [4.78, 5) is 61.2. The molecule has 1 amide bonds. The number of rotatable bonds is 31. The van der Waals surface area contributed by atoms with E-state index in [0.29, 0.717) is 6.54 Å². The molecule has 0 unspecified atom stereocenters. The number of carboxylic acids is 4. The summed E-state index contributed by atoms with van der Waals surface area (Å²) in [5, 5.41) is 39.3. The fourth-order valence-corrected chi connectivity index (χ4v) is 4.84. The average Bonchev–Trinajstić information content (AvgIpc) is 2.90. The summed E-state index contributed by atoms with van der Waals surface area (Å²) in [6, 6.07) is 0. The standard InChI is InChI=1S/C30H56N4O9/c1-2-3-4-5-6-7-8-9-10-11-12-13-14-15-16-31-26(35)21-33(23-28(38)39)19-17-32(22-27(36)37)18-20-34(24-29(40)41)25-30(42)43/h2-25H2,1H3,(H,31,35)(H,36,37)(H,38,39)(H,40,41)(H,42,43). The minimum absolute atomic E-state index is 0.00943. The van der Waals surface area contributed by atoms with E-state index in [2.05, 4.69) is 12.2 Å². The summed E-state index contributed by atoms with van der Waals surface area (Å²) in [6.07, 6.45) is 17.4. The van der Waals surface area contributed by atoms with Crippen molar-refractivity contribution in [1.82, 2.24) is 20.0 Å². The minimum Gasteiger partial charge on any atom is -0.480 e. The van der Waals surface area contributed by atoms with E-state index in [9.17, 15) is 34.2 Å². The predicted octanol–water partition coefficient (Wildman–Crippen LogP) is 2.83. The van der Waals surface area contributed by atoms with Gasteiger partial charge in [0.2, 0.25) is 5.91 Å². The Labute approximate surface area is 256 Å². The molecule has 0 aromatic heterocycles. The summed E-state index contributed by atoms with van der Waals surface area (Å²) in [6.45, 7) is 0.975. The van der Waals surface area contributed by atoms with Crippen molar-refractivity contribution in [3.05, 3.63) is 0 Å². The number of aliphatic carboxylic acids is 4. The maximum atomic E-state index is 12.4. The first-order chi connectivity index (χ1) is 20.5. The number of nitrogens with zero attached hydrogens (tertiary/aromatic N) is 3. The van der Waals surface area contributed by atoms with Crippen molar-refractivity contribution in [2.24, 2.45) is 0 Å². The highest BCUT2D eigenvalue weighted by Crippen LogP contribution is 2.12. The molecule has 0 fully saturated rings. The van der Waals surface area contributed by atoms with E-state index < -0.39 is 50.1 Å². The Bertz CT molecular complexity index is 782. The van der Waals surface area contributed by atoms with Gasteiger partial charge in [0.1, 0.15) is 0 Å². The Kier molecular flexibility index (Phi) is 25.1. The largest absolute Gasteiger partial charge is 0.480 e. The molecule has 43 heavy (non-hydrogen) atoms. The second kappa shape index (κ2) is 26.8. The van der Waals surface area contributed by atoms with E-state index in [0.717, 1.165) is 19.3 Å². The fraction of sp³-hybridized carbons (Fsp3) is 0.833. The van der Waals surface area contributed by atoms with Crippen LogP contribution in [0.1, 0.15) is 96.8 Å². The number of hydrogen-bond acceptors (Lipinski definition) is 8. The van der Waals surface area contributed by atoms with Gasteiger partial charge in [-0.2, -0.15) is 0 Å². The van der Waals surface area contributed by atoms with Crippen molar-refractivity contribution in [3.8, 4) is 0 Å². The molecule has 0 saturated heterocycles. The Balaban J connectivity index is 4.34. The molecule has 0 atom stereocenters. The smallest absolute Gasteiger partial charge is 0.317 e. The molecule has 250 valence electrons. The van der Waals surface area contributed by atoms with E-state index in [1.807, 2.05) is 0 Å². The van der Waals surface area contributed by atoms with Gasteiger partial charge in [0.25, 0.3) is 0 Å². The zero-order valence-electron chi connectivity index (χ0n) is 26.1. The lowest BCUT2D eigenvalue weighted by Crippen LogP contribution is -2.46. The molecular formula is C30H56N4O9. The summed E-state index contributed by atoms with van der Waals surface area (Å²) >= 11 is 0. The molecule has 0 aliphatic heterocycles. The van der Waals surface area contributed by atoms with Crippen LogP contribution in [0.25, 0.3) is 0 Å². The lowest BCUT2D eigenvalue weighted by Gasteiger charge is -2.27. The quantitative estimate of drug-likeness (QED) is 0.0718. The molecular weight excluding hydrogens is 560 g/mol. The molecule has 0 aromatic rings. The van der Waals surface area contributed by atoms with Crippen LogP contribution in [-0.4, -0.2) is 130 Å². The molecule has 0 bridgehead atoms. The lowest BCUT2D eigenvalue weighted by molar-refractivity contribution is -0.143. The summed E-state index contributed by atoms with van der Waals surface area (Å²) < 4.78 is 0. The third-order valence-corrected chi connectivity index (χ3v) is 7.12. The number of carbonyl (C=O) groups excluding carboxylic acids is 1. The van der Waals surface area contributed by atoms with E-state index in [1.54, 1.807) is 0 Å². The second-order valence-electron chi connectivity index (χ2n) is 11.2. The summed E-state index contributed by atoms with van der Waals surface area (Å²) in [5.41, 5.74) is 0. The Morgan fingerprint density at radius 1 is 0.442 bits per heavy atom. The van der Waals surface area contributed by atoms with Crippen LogP contribution in [0.3, 0.4) is 0 Å². The number of hydrogen-bond donors (Lipinski definition) is 5. The SMILES string of the molecule is CCCCCCCCCCCCCCCCNC(=O)CN(CCN(CCN(CC(=O)O)CC(=O)O)CC(=O)O)CC(=O)O. The maximum Gasteiger partial charge on any atom is 0.317 e. The van der Waals surface area contributed by atoms with Crippen LogP contribution in [0.4, 0.5) is 0 Å². The normalized spacial score (nSPS) is 11.3. The molecule has 0 aromatic carbocycles. The van der Waals surface area contributed by atoms with Crippen LogP contribution in [0.2, 0.25) is 0 Å². The first-order valence-electron chi connectivity index (χ1n) is 15.8. The monoisotopic (exact) mass is 616 g/mol. The lowest BCUT2D eigenvalue weighted by atomic mass is 10.0. The highest BCUT2D eigenvalue weighted by atomic mass is 16.4. The van der Waals surface area contributed by atoms with Crippen LogP contribution < -0.4 is 5.32 Å². The average molecular weight is 617 g/mol. The highest BCUT2D eigenvalue weighted by Gasteiger charge is 2.19. The van der Waals surface area contributed by atoms with Crippen molar-refractivity contribution in [2.75, 3.05) is 65.4 Å². The Hall–Kier alpha value is -2.77. The van der Waals surface area contributed by atoms with E-state index in [1.165, 1.54) is 85.3 Å². The van der Waals surface area contributed by atoms with Crippen molar-refractivity contribution in [1.29, 1.82) is 0 Å². The van der Waals surface area contributed by atoms with E-state index >= 15 is 0 Å². The molecule has 0 radical (unpaired) electrons. The van der Waals surface area contributed by atoms with Gasteiger partial charge in [-0.15, -0.1) is 0 Å². The second-order valence-corrected chi connectivity index (χ2v) is 11.2. The van der Waals surface area contributed by atoms with Gasteiger partial charge < -0.3 is 25.7 Å². The molecule has 0 rings (SSSR count). The van der Waals surface area contributed by atoms with Crippen LogP contribution in [0.15, 0.2) is 0 Å². The zero-order chi connectivity index (χ0) is 32.3. The number of unbranched alkanes of at least 4 members (excludes halogenated alkanes) is 13. The molecule has 13 nitrogen and oxygen atoms in total. The number of nitrogens with one attached hydrogen (secondary N) is 1. The fourth-order valence-electron chi connectivity index (χ4n) is 4.84. The third kappa shape index (κ3) is 27.8. The molecule has 5 N–H and O–H groups in total. The first-order valence-corrected chi connectivity index (χ1v) is 15.8. The van der Waals surface area contributed by atoms with Gasteiger partial charge in [0.05, 0.1) is 32.7 Å². The molecule has 0 aliphatic carbocycles. The van der Waals surface area contributed by atoms with E-state index in [4.69, 9.17) is 10.2 Å². The van der Waals surface area contributed by atoms with Gasteiger partial charge in [-0.1, -0.05) is 90.4 Å². The van der Waals surface area contributed by atoms with Gasteiger partial charge in [-0.25, -0.2) is 0 Å². The van der Waals surface area contributed by atoms with Crippen molar-refractivity contribution < 1.29 is 44.4 Å². The third-order valence-electron chi connectivity index (χ3n) is 7.12. The zero-order valence-corrected chi connectivity index (χ0v) is 26.1. The van der Waals surface area contributed by atoms with Gasteiger partial charge in [0.15, 0.2) is 0 Å². The van der Waals surface area contributed by atoms with Crippen LogP contribution in [-0.2, 0) is 24.0 Å². The first kappa shape index (κ1) is 40.2. The van der Waals surface area contributed by atoms with Gasteiger partial charge in [-0.05, 0) is 6.42 Å². The molecule has 0 heterocycles. The minimum atomic E-state index is -1.21. The molecule has 0 aliphatic rings. The van der Waals surface area contributed by atoms with Gasteiger partial charge in [0, 0.05) is 32.7 Å².